The molecule has 0 amide bonds. The molecule has 1 fully saturated rings. The van der Waals surface area contributed by atoms with E-state index in [1.807, 2.05) is 0 Å². The topological polar surface area (TPSA) is 39.7 Å². The van der Waals surface area contributed by atoms with Crippen molar-refractivity contribution in [3.05, 3.63) is 29.3 Å². The zero-order chi connectivity index (χ0) is 13.5. The molecule has 1 unspecified atom stereocenters. The van der Waals surface area contributed by atoms with E-state index in [1.54, 1.807) is 7.11 Å². The molecule has 1 atom stereocenters. The summed E-state index contributed by atoms with van der Waals surface area (Å²) in [5.74, 6) is 1.00. The molecule has 2 rings (SSSR count). The van der Waals surface area contributed by atoms with Gasteiger partial charge in [-0.15, -0.1) is 0 Å². The number of benzene rings is 1. The van der Waals surface area contributed by atoms with E-state index in [4.69, 9.17) is 14.2 Å². The lowest BCUT2D eigenvalue weighted by molar-refractivity contribution is 0.140. The van der Waals surface area contributed by atoms with E-state index in [-0.39, 0.29) is 6.10 Å². The standard InChI is InChI=1S/C15H23NO3/c1-12-4-3-5-13(10-16-7-9-17-2)15(12)19-14-6-8-18-11-14/h3-5,14,16H,6-11H2,1-2H3. The van der Waals surface area contributed by atoms with E-state index in [0.29, 0.717) is 6.61 Å². The van der Waals surface area contributed by atoms with E-state index in [1.165, 1.54) is 11.1 Å². The molecule has 106 valence electrons. The van der Waals surface area contributed by atoms with Crippen molar-refractivity contribution in [2.45, 2.75) is 26.0 Å². The van der Waals surface area contributed by atoms with Crippen LogP contribution in [0.1, 0.15) is 17.5 Å². The zero-order valence-corrected chi connectivity index (χ0v) is 11.8. The number of methoxy groups -OCH3 is 1. The molecule has 1 aromatic rings. The minimum absolute atomic E-state index is 0.193. The summed E-state index contributed by atoms with van der Waals surface area (Å²) in [6.07, 6.45) is 1.17. The monoisotopic (exact) mass is 265 g/mol. The van der Waals surface area contributed by atoms with Crippen LogP contribution in [-0.2, 0) is 16.0 Å². The van der Waals surface area contributed by atoms with Gasteiger partial charge in [0.1, 0.15) is 11.9 Å². The molecule has 4 nitrogen and oxygen atoms in total. The average molecular weight is 265 g/mol. The van der Waals surface area contributed by atoms with Crippen LogP contribution in [0.3, 0.4) is 0 Å². The zero-order valence-electron chi connectivity index (χ0n) is 11.8. The van der Waals surface area contributed by atoms with Crippen LogP contribution < -0.4 is 10.1 Å². The smallest absolute Gasteiger partial charge is 0.127 e. The van der Waals surface area contributed by atoms with Gasteiger partial charge in [0.15, 0.2) is 0 Å². The third-order valence-corrected chi connectivity index (χ3v) is 3.26. The fraction of sp³-hybridized carbons (Fsp3) is 0.600. The highest BCUT2D eigenvalue weighted by molar-refractivity contribution is 5.41. The number of ether oxygens (including phenoxy) is 3. The van der Waals surface area contributed by atoms with Crippen molar-refractivity contribution in [2.75, 3.05) is 33.5 Å². The Morgan fingerprint density at radius 3 is 3.05 bits per heavy atom. The summed E-state index contributed by atoms with van der Waals surface area (Å²) in [6.45, 7) is 5.95. The van der Waals surface area contributed by atoms with Crippen LogP contribution in [0, 0.1) is 6.92 Å². The summed E-state index contributed by atoms with van der Waals surface area (Å²) in [5, 5.41) is 3.36. The molecule has 1 N–H and O–H groups in total. The molecule has 4 heteroatoms. The highest BCUT2D eigenvalue weighted by atomic mass is 16.5. The quantitative estimate of drug-likeness (QED) is 0.764. The summed E-state index contributed by atoms with van der Waals surface area (Å²) < 4.78 is 16.5. The number of rotatable bonds is 7. The van der Waals surface area contributed by atoms with Gasteiger partial charge in [-0.3, -0.25) is 0 Å². The molecule has 0 aromatic heterocycles. The molecule has 19 heavy (non-hydrogen) atoms. The third-order valence-electron chi connectivity index (χ3n) is 3.26. The lowest BCUT2D eigenvalue weighted by Crippen LogP contribution is -2.21. The van der Waals surface area contributed by atoms with Gasteiger partial charge in [0.05, 0.1) is 19.8 Å². The van der Waals surface area contributed by atoms with E-state index >= 15 is 0 Å². The first kappa shape index (κ1) is 14.3. The van der Waals surface area contributed by atoms with Crippen LogP contribution in [0.15, 0.2) is 18.2 Å². The Bertz CT molecular complexity index is 389. The Morgan fingerprint density at radius 1 is 1.42 bits per heavy atom. The van der Waals surface area contributed by atoms with E-state index < -0.39 is 0 Å². The van der Waals surface area contributed by atoms with Gasteiger partial charge in [-0.25, -0.2) is 0 Å². The molecular weight excluding hydrogens is 242 g/mol. The molecule has 1 aliphatic heterocycles. The molecule has 1 aliphatic rings. The Morgan fingerprint density at radius 2 is 2.32 bits per heavy atom. The van der Waals surface area contributed by atoms with Crippen LogP contribution >= 0.6 is 0 Å². The van der Waals surface area contributed by atoms with Gasteiger partial charge in [0, 0.05) is 32.2 Å². The van der Waals surface area contributed by atoms with Crippen molar-refractivity contribution in [1.82, 2.24) is 5.32 Å². The van der Waals surface area contributed by atoms with Gasteiger partial charge >= 0.3 is 0 Å². The van der Waals surface area contributed by atoms with Crippen molar-refractivity contribution >= 4 is 0 Å². The van der Waals surface area contributed by atoms with E-state index in [0.717, 1.165) is 38.5 Å². The maximum Gasteiger partial charge on any atom is 0.127 e. The summed E-state index contributed by atoms with van der Waals surface area (Å²) in [7, 11) is 1.71. The Labute approximate surface area is 115 Å². The molecule has 0 bridgehead atoms. The highest BCUT2D eigenvalue weighted by Crippen LogP contribution is 2.26. The summed E-state index contributed by atoms with van der Waals surface area (Å²) in [4.78, 5) is 0. The summed E-state index contributed by atoms with van der Waals surface area (Å²) in [6, 6.07) is 6.27. The van der Waals surface area contributed by atoms with Gasteiger partial charge < -0.3 is 19.5 Å². The number of aryl methyl sites for hydroxylation is 1. The predicted octanol–water partition coefficient (Wildman–Crippen LogP) is 1.90. The maximum absolute atomic E-state index is 6.10. The fourth-order valence-electron chi connectivity index (χ4n) is 2.19. The summed E-state index contributed by atoms with van der Waals surface area (Å²) >= 11 is 0. The van der Waals surface area contributed by atoms with Crippen LogP contribution in [0.25, 0.3) is 0 Å². The molecule has 1 aromatic carbocycles. The Kier molecular flexibility index (Phi) is 5.63. The largest absolute Gasteiger partial charge is 0.487 e. The van der Waals surface area contributed by atoms with Crippen LogP contribution in [-0.4, -0.2) is 39.6 Å². The second-order valence-corrected chi connectivity index (χ2v) is 4.84. The lowest BCUT2D eigenvalue weighted by atomic mass is 10.1. The Hall–Kier alpha value is -1.10. The second-order valence-electron chi connectivity index (χ2n) is 4.84. The first-order chi connectivity index (χ1) is 9.31. The highest BCUT2D eigenvalue weighted by Gasteiger charge is 2.19. The molecule has 0 radical (unpaired) electrons. The molecule has 1 heterocycles. The molecule has 0 aliphatic carbocycles. The molecule has 1 saturated heterocycles. The first-order valence-corrected chi connectivity index (χ1v) is 6.84. The van der Waals surface area contributed by atoms with Crippen molar-refractivity contribution < 1.29 is 14.2 Å². The molecule has 0 spiro atoms. The van der Waals surface area contributed by atoms with Crippen LogP contribution in [0.4, 0.5) is 0 Å². The second kappa shape index (κ2) is 7.48. The predicted molar refractivity (Wildman–Crippen MR) is 74.6 cm³/mol. The number of para-hydroxylation sites is 1. The van der Waals surface area contributed by atoms with E-state index in [9.17, 15) is 0 Å². The van der Waals surface area contributed by atoms with Gasteiger partial charge in [0.25, 0.3) is 0 Å². The average Bonchev–Trinajstić information content (AvgIpc) is 2.91. The minimum Gasteiger partial charge on any atom is -0.487 e. The number of nitrogens with one attached hydrogen (secondary N) is 1. The number of hydrogen-bond donors (Lipinski definition) is 1. The van der Waals surface area contributed by atoms with Gasteiger partial charge in [-0.05, 0) is 12.5 Å². The third kappa shape index (κ3) is 4.20. The maximum atomic E-state index is 6.10. The minimum atomic E-state index is 0.193. The van der Waals surface area contributed by atoms with Gasteiger partial charge in [-0.2, -0.15) is 0 Å². The van der Waals surface area contributed by atoms with Crippen LogP contribution in [0.5, 0.6) is 5.75 Å². The molecule has 0 saturated carbocycles. The lowest BCUT2D eigenvalue weighted by Gasteiger charge is -2.18. The summed E-state index contributed by atoms with van der Waals surface area (Å²) in [5.41, 5.74) is 2.38. The van der Waals surface area contributed by atoms with Crippen molar-refractivity contribution in [1.29, 1.82) is 0 Å². The van der Waals surface area contributed by atoms with E-state index in [2.05, 4.69) is 30.4 Å². The first-order valence-electron chi connectivity index (χ1n) is 6.84. The van der Waals surface area contributed by atoms with Crippen molar-refractivity contribution in [3.8, 4) is 5.75 Å². The van der Waals surface area contributed by atoms with Crippen LogP contribution in [0.2, 0.25) is 0 Å². The fourth-order valence-corrected chi connectivity index (χ4v) is 2.19. The van der Waals surface area contributed by atoms with Gasteiger partial charge in [-0.1, -0.05) is 18.2 Å². The van der Waals surface area contributed by atoms with Crippen molar-refractivity contribution in [3.63, 3.8) is 0 Å². The number of hydrogen-bond acceptors (Lipinski definition) is 4. The van der Waals surface area contributed by atoms with Crippen molar-refractivity contribution in [2.24, 2.45) is 0 Å². The van der Waals surface area contributed by atoms with Gasteiger partial charge in [0.2, 0.25) is 0 Å². The Balaban J connectivity index is 1.98. The molecular formula is C15H23NO3. The normalized spacial score (nSPS) is 18.7. The SMILES string of the molecule is COCCNCc1cccc(C)c1OC1CCOC1.